The molecule has 124 valence electrons. The zero-order valence-electron chi connectivity index (χ0n) is 14.1. The molecular formula is C20H23N3O. The molecule has 2 aliphatic rings. The van der Waals surface area contributed by atoms with E-state index >= 15 is 0 Å². The van der Waals surface area contributed by atoms with Gasteiger partial charge in [-0.1, -0.05) is 31.0 Å². The van der Waals surface area contributed by atoms with Gasteiger partial charge in [0.05, 0.1) is 5.56 Å². The predicted molar refractivity (Wildman–Crippen MR) is 96.7 cm³/mol. The van der Waals surface area contributed by atoms with Gasteiger partial charge >= 0.3 is 0 Å². The van der Waals surface area contributed by atoms with E-state index in [-0.39, 0.29) is 5.91 Å². The van der Waals surface area contributed by atoms with E-state index in [4.69, 9.17) is 0 Å². The Morgan fingerprint density at radius 2 is 2.08 bits per heavy atom. The maximum atomic E-state index is 13.1. The zero-order valence-corrected chi connectivity index (χ0v) is 14.1. The van der Waals surface area contributed by atoms with E-state index in [1.54, 1.807) is 6.20 Å². The first-order valence-corrected chi connectivity index (χ1v) is 8.80. The van der Waals surface area contributed by atoms with E-state index in [2.05, 4.69) is 16.0 Å². The summed E-state index contributed by atoms with van der Waals surface area (Å²) >= 11 is 0. The number of fused-ring (bicyclic) bond motifs is 1. The fourth-order valence-corrected chi connectivity index (χ4v) is 3.45. The van der Waals surface area contributed by atoms with E-state index in [1.807, 2.05) is 42.3 Å². The van der Waals surface area contributed by atoms with Gasteiger partial charge in [-0.3, -0.25) is 4.79 Å². The SMILES string of the molecule is CN(CCC1CC1)c1ncccc1C(=O)N1CCc2ccccc21. The number of nitrogens with zero attached hydrogens (tertiary/aromatic N) is 3. The minimum atomic E-state index is 0.0568. The highest BCUT2D eigenvalue weighted by molar-refractivity contribution is 6.10. The summed E-state index contributed by atoms with van der Waals surface area (Å²) in [4.78, 5) is 21.7. The van der Waals surface area contributed by atoms with Crippen LogP contribution in [0.25, 0.3) is 0 Å². The summed E-state index contributed by atoms with van der Waals surface area (Å²) in [5.74, 6) is 1.73. The number of aromatic nitrogens is 1. The van der Waals surface area contributed by atoms with Crippen LogP contribution in [0.15, 0.2) is 42.6 Å². The second kappa shape index (κ2) is 6.27. The van der Waals surface area contributed by atoms with Gasteiger partial charge in [0.15, 0.2) is 0 Å². The smallest absolute Gasteiger partial charge is 0.262 e. The van der Waals surface area contributed by atoms with Crippen molar-refractivity contribution >= 4 is 17.4 Å². The van der Waals surface area contributed by atoms with Gasteiger partial charge in [-0.15, -0.1) is 0 Å². The number of hydrogen-bond acceptors (Lipinski definition) is 3. The number of carbonyl (C=O) groups excluding carboxylic acids is 1. The molecule has 0 N–H and O–H groups in total. The molecule has 1 aromatic heterocycles. The van der Waals surface area contributed by atoms with Crippen LogP contribution in [0.5, 0.6) is 0 Å². The monoisotopic (exact) mass is 321 g/mol. The Balaban J connectivity index is 1.58. The van der Waals surface area contributed by atoms with Crippen molar-refractivity contribution in [3.63, 3.8) is 0 Å². The van der Waals surface area contributed by atoms with Crippen LogP contribution in [0, 0.1) is 5.92 Å². The van der Waals surface area contributed by atoms with Crippen molar-refractivity contribution in [1.82, 2.24) is 4.98 Å². The third kappa shape index (κ3) is 2.88. The summed E-state index contributed by atoms with van der Waals surface area (Å²) in [5, 5.41) is 0. The van der Waals surface area contributed by atoms with Crippen LogP contribution in [-0.2, 0) is 6.42 Å². The Morgan fingerprint density at radius 1 is 1.25 bits per heavy atom. The van der Waals surface area contributed by atoms with Gasteiger partial charge in [0.25, 0.3) is 5.91 Å². The summed E-state index contributed by atoms with van der Waals surface area (Å²) < 4.78 is 0. The molecule has 1 aromatic carbocycles. The van der Waals surface area contributed by atoms with Crippen LogP contribution in [0.4, 0.5) is 11.5 Å². The predicted octanol–water partition coefficient (Wildman–Crippen LogP) is 3.52. The molecule has 0 atom stereocenters. The molecule has 24 heavy (non-hydrogen) atoms. The summed E-state index contributed by atoms with van der Waals surface area (Å²) in [6.07, 6.45) is 6.60. The highest BCUT2D eigenvalue weighted by Crippen LogP contribution is 2.33. The number of hydrogen-bond donors (Lipinski definition) is 0. The van der Waals surface area contributed by atoms with Crippen LogP contribution in [0.1, 0.15) is 35.2 Å². The Morgan fingerprint density at radius 3 is 2.92 bits per heavy atom. The number of para-hydroxylation sites is 1. The average molecular weight is 321 g/mol. The molecule has 1 aliphatic carbocycles. The molecular weight excluding hydrogens is 298 g/mol. The summed E-state index contributed by atoms with van der Waals surface area (Å²) in [5.41, 5.74) is 2.99. The molecule has 0 saturated heterocycles. The molecule has 1 saturated carbocycles. The molecule has 0 unspecified atom stereocenters. The molecule has 4 heteroatoms. The Hall–Kier alpha value is -2.36. The number of carbonyl (C=O) groups is 1. The highest BCUT2D eigenvalue weighted by atomic mass is 16.2. The van der Waals surface area contributed by atoms with Crippen LogP contribution in [0.3, 0.4) is 0 Å². The molecule has 1 amide bonds. The maximum Gasteiger partial charge on any atom is 0.262 e. The third-order valence-corrected chi connectivity index (χ3v) is 5.08. The Bertz CT molecular complexity index is 754. The van der Waals surface area contributed by atoms with Gasteiger partial charge < -0.3 is 9.80 Å². The van der Waals surface area contributed by atoms with Gasteiger partial charge in [0.1, 0.15) is 5.82 Å². The normalized spacial score (nSPS) is 16.1. The molecule has 0 radical (unpaired) electrons. The fraction of sp³-hybridized carbons (Fsp3) is 0.400. The summed E-state index contributed by atoms with van der Waals surface area (Å²) in [6, 6.07) is 11.9. The van der Waals surface area contributed by atoms with Crippen molar-refractivity contribution in [2.24, 2.45) is 5.92 Å². The van der Waals surface area contributed by atoms with Gasteiger partial charge in [-0.25, -0.2) is 4.98 Å². The number of benzene rings is 1. The van der Waals surface area contributed by atoms with Crippen molar-refractivity contribution in [3.8, 4) is 0 Å². The minimum Gasteiger partial charge on any atom is -0.359 e. The second-order valence-corrected chi connectivity index (χ2v) is 6.86. The lowest BCUT2D eigenvalue weighted by molar-refractivity contribution is 0.0989. The average Bonchev–Trinajstić information content (AvgIpc) is 3.36. The highest BCUT2D eigenvalue weighted by Gasteiger charge is 2.28. The number of anilines is 2. The molecule has 1 aliphatic heterocycles. The van der Waals surface area contributed by atoms with Crippen LogP contribution in [-0.4, -0.2) is 31.0 Å². The number of rotatable bonds is 5. The van der Waals surface area contributed by atoms with E-state index in [0.717, 1.165) is 36.9 Å². The van der Waals surface area contributed by atoms with E-state index in [0.29, 0.717) is 5.56 Å². The third-order valence-electron chi connectivity index (χ3n) is 5.08. The first-order valence-electron chi connectivity index (χ1n) is 8.80. The maximum absolute atomic E-state index is 13.1. The molecule has 4 nitrogen and oxygen atoms in total. The molecule has 0 bridgehead atoms. The molecule has 4 rings (SSSR count). The van der Waals surface area contributed by atoms with Crippen LogP contribution in [0.2, 0.25) is 0 Å². The lowest BCUT2D eigenvalue weighted by atomic mass is 10.1. The van der Waals surface area contributed by atoms with Crippen molar-refractivity contribution in [2.75, 3.05) is 29.9 Å². The van der Waals surface area contributed by atoms with Gasteiger partial charge in [0, 0.05) is 32.0 Å². The first-order chi connectivity index (χ1) is 11.7. The zero-order chi connectivity index (χ0) is 16.5. The number of amides is 1. The second-order valence-electron chi connectivity index (χ2n) is 6.86. The Kier molecular flexibility index (Phi) is 3.97. The first kappa shape index (κ1) is 15.2. The van der Waals surface area contributed by atoms with Crippen molar-refractivity contribution in [2.45, 2.75) is 25.7 Å². The molecule has 1 fully saturated rings. The Labute approximate surface area is 143 Å². The van der Waals surface area contributed by atoms with Gasteiger partial charge in [-0.2, -0.15) is 0 Å². The van der Waals surface area contributed by atoms with Crippen molar-refractivity contribution in [1.29, 1.82) is 0 Å². The van der Waals surface area contributed by atoms with E-state index in [9.17, 15) is 4.79 Å². The standard InChI is InChI=1S/C20H23N3O/c1-22(13-10-15-8-9-15)19-17(6-4-12-21-19)20(24)23-14-11-16-5-2-3-7-18(16)23/h2-7,12,15H,8-11,13-14H2,1H3. The van der Waals surface area contributed by atoms with Crippen LogP contribution < -0.4 is 9.80 Å². The van der Waals surface area contributed by atoms with E-state index < -0.39 is 0 Å². The minimum absolute atomic E-state index is 0.0568. The summed E-state index contributed by atoms with van der Waals surface area (Å²) in [6.45, 7) is 1.71. The number of pyridine rings is 1. The van der Waals surface area contributed by atoms with Crippen LogP contribution >= 0.6 is 0 Å². The largest absolute Gasteiger partial charge is 0.359 e. The lowest BCUT2D eigenvalue weighted by Gasteiger charge is -2.23. The van der Waals surface area contributed by atoms with E-state index in [1.165, 1.54) is 24.8 Å². The topological polar surface area (TPSA) is 36.4 Å². The molecule has 2 aromatic rings. The summed E-state index contributed by atoms with van der Waals surface area (Å²) in [7, 11) is 2.04. The molecule has 2 heterocycles. The van der Waals surface area contributed by atoms with Gasteiger partial charge in [0.2, 0.25) is 0 Å². The quantitative estimate of drug-likeness (QED) is 0.845. The fourth-order valence-electron chi connectivity index (χ4n) is 3.45. The van der Waals surface area contributed by atoms with Gasteiger partial charge in [-0.05, 0) is 42.5 Å². The lowest BCUT2D eigenvalue weighted by Crippen LogP contribution is -2.31. The van der Waals surface area contributed by atoms with Crippen molar-refractivity contribution < 1.29 is 4.79 Å². The molecule has 0 spiro atoms. The van der Waals surface area contributed by atoms with Crippen molar-refractivity contribution in [3.05, 3.63) is 53.7 Å².